The number of anilines is 3. The van der Waals surface area contributed by atoms with E-state index in [1.807, 2.05) is 32.0 Å². The Balaban J connectivity index is 2.40. The Labute approximate surface area is 130 Å². The van der Waals surface area contributed by atoms with E-state index in [-0.39, 0.29) is 11.5 Å². The molecule has 0 atom stereocenters. The second-order valence-electron chi connectivity index (χ2n) is 4.46. The molecular weight excluding hydrogens is 336 g/mol. The summed E-state index contributed by atoms with van der Waals surface area (Å²) >= 11 is 3.44. The smallest absolute Gasteiger partial charge is 0.311 e. The molecule has 1 heterocycles. The van der Waals surface area contributed by atoms with E-state index in [4.69, 9.17) is 0 Å². The van der Waals surface area contributed by atoms with Gasteiger partial charge in [-0.05, 0) is 53.5 Å². The molecule has 2 rings (SSSR count). The zero-order valence-electron chi connectivity index (χ0n) is 11.7. The van der Waals surface area contributed by atoms with Crippen LogP contribution in [0.3, 0.4) is 0 Å². The second-order valence-corrected chi connectivity index (χ2v) is 5.31. The van der Waals surface area contributed by atoms with Crippen LogP contribution in [0.4, 0.5) is 23.0 Å². The summed E-state index contributed by atoms with van der Waals surface area (Å²) in [6, 6.07) is 8.74. The van der Waals surface area contributed by atoms with Gasteiger partial charge < -0.3 is 10.6 Å². The number of aryl methyl sites for hydroxylation is 1. The van der Waals surface area contributed by atoms with Crippen molar-refractivity contribution in [3.63, 3.8) is 0 Å². The van der Waals surface area contributed by atoms with Crippen molar-refractivity contribution in [2.75, 3.05) is 17.2 Å². The molecule has 0 aliphatic rings. The lowest BCUT2D eigenvalue weighted by atomic mass is 10.2. The average Bonchev–Trinajstić information content (AvgIpc) is 2.42. The molecule has 1 aromatic carbocycles. The number of aromatic nitrogens is 1. The van der Waals surface area contributed by atoms with Gasteiger partial charge in [-0.1, -0.05) is 6.07 Å². The summed E-state index contributed by atoms with van der Waals surface area (Å²) in [7, 11) is 0. The predicted octanol–water partition coefficient (Wildman–Crippen LogP) is 4.24. The van der Waals surface area contributed by atoms with Gasteiger partial charge in [-0.25, -0.2) is 4.98 Å². The molecule has 2 N–H and O–H groups in total. The van der Waals surface area contributed by atoms with Crippen LogP contribution in [0.25, 0.3) is 0 Å². The van der Waals surface area contributed by atoms with E-state index in [1.165, 1.54) is 6.07 Å². The fourth-order valence-electron chi connectivity index (χ4n) is 1.82. The highest BCUT2D eigenvalue weighted by Crippen LogP contribution is 2.31. The van der Waals surface area contributed by atoms with Gasteiger partial charge in [-0.3, -0.25) is 10.1 Å². The van der Waals surface area contributed by atoms with Crippen LogP contribution >= 0.6 is 15.9 Å². The Hall–Kier alpha value is -2.15. The number of hydrogen-bond donors (Lipinski definition) is 2. The molecule has 0 saturated carbocycles. The van der Waals surface area contributed by atoms with Crippen LogP contribution in [0.15, 0.2) is 34.8 Å². The summed E-state index contributed by atoms with van der Waals surface area (Å²) in [5.74, 6) is 0.803. The van der Waals surface area contributed by atoms with Gasteiger partial charge in [0.15, 0.2) is 0 Å². The van der Waals surface area contributed by atoms with Gasteiger partial charge >= 0.3 is 5.69 Å². The van der Waals surface area contributed by atoms with Crippen LogP contribution in [-0.2, 0) is 0 Å². The SMILES string of the molecule is CCNc1ccc([N+](=O)[O-])c(Nc2ccc(C)cc2Br)n1. The summed E-state index contributed by atoms with van der Waals surface area (Å²) in [5.41, 5.74) is 1.75. The third-order valence-corrected chi connectivity index (χ3v) is 3.46. The topological polar surface area (TPSA) is 80.1 Å². The molecule has 0 unspecified atom stereocenters. The Morgan fingerprint density at radius 3 is 2.71 bits per heavy atom. The van der Waals surface area contributed by atoms with E-state index in [0.29, 0.717) is 12.4 Å². The normalized spacial score (nSPS) is 10.2. The summed E-state index contributed by atoms with van der Waals surface area (Å²) in [4.78, 5) is 14.9. The molecule has 6 nitrogen and oxygen atoms in total. The standard InChI is InChI=1S/C14H15BrN4O2/c1-3-16-13-7-6-12(19(20)21)14(18-13)17-11-5-4-9(2)8-10(11)15/h4-8H,3H2,1-2H3,(H2,16,17,18). The minimum atomic E-state index is -0.451. The van der Waals surface area contributed by atoms with E-state index in [9.17, 15) is 10.1 Å². The van der Waals surface area contributed by atoms with Crippen LogP contribution in [-0.4, -0.2) is 16.5 Å². The highest BCUT2D eigenvalue weighted by atomic mass is 79.9. The maximum absolute atomic E-state index is 11.1. The largest absolute Gasteiger partial charge is 0.370 e. The van der Waals surface area contributed by atoms with Crippen LogP contribution in [0.2, 0.25) is 0 Å². The fraction of sp³-hybridized carbons (Fsp3) is 0.214. The lowest BCUT2D eigenvalue weighted by Crippen LogP contribution is -2.04. The van der Waals surface area contributed by atoms with Crippen molar-refractivity contribution in [2.24, 2.45) is 0 Å². The maximum atomic E-state index is 11.1. The van der Waals surface area contributed by atoms with Gasteiger partial charge in [0, 0.05) is 17.1 Å². The zero-order chi connectivity index (χ0) is 15.4. The summed E-state index contributed by atoms with van der Waals surface area (Å²) in [6.07, 6.45) is 0. The van der Waals surface area contributed by atoms with E-state index < -0.39 is 4.92 Å². The number of nitrogens with one attached hydrogen (secondary N) is 2. The fourth-order valence-corrected chi connectivity index (χ4v) is 2.41. The molecule has 0 aliphatic heterocycles. The van der Waals surface area contributed by atoms with Crippen molar-refractivity contribution >= 4 is 38.9 Å². The first-order valence-electron chi connectivity index (χ1n) is 6.43. The van der Waals surface area contributed by atoms with Crippen molar-refractivity contribution in [1.29, 1.82) is 0 Å². The summed E-state index contributed by atoms with van der Waals surface area (Å²) < 4.78 is 0.826. The molecule has 0 saturated heterocycles. The van der Waals surface area contributed by atoms with Crippen LogP contribution in [0.1, 0.15) is 12.5 Å². The molecule has 0 fully saturated rings. The Morgan fingerprint density at radius 1 is 1.33 bits per heavy atom. The van der Waals surface area contributed by atoms with E-state index in [0.717, 1.165) is 15.7 Å². The van der Waals surface area contributed by atoms with Gasteiger partial charge in [0.05, 0.1) is 10.6 Å². The maximum Gasteiger partial charge on any atom is 0.311 e. The molecule has 2 aromatic rings. The third kappa shape index (κ3) is 3.69. The number of rotatable bonds is 5. The van der Waals surface area contributed by atoms with Gasteiger partial charge in [-0.15, -0.1) is 0 Å². The van der Waals surface area contributed by atoms with Crippen molar-refractivity contribution < 1.29 is 4.92 Å². The van der Waals surface area contributed by atoms with E-state index in [2.05, 4.69) is 31.5 Å². The first-order valence-corrected chi connectivity index (χ1v) is 7.23. The summed E-state index contributed by atoms with van der Waals surface area (Å²) in [6.45, 7) is 4.60. The van der Waals surface area contributed by atoms with Gasteiger partial charge in [0.2, 0.25) is 5.82 Å². The van der Waals surface area contributed by atoms with Crippen molar-refractivity contribution in [3.8, 4) is 0 Å². The Bertz CT molecular complexity index is 676. The monoisotopic (exact) mass is 350 g/mol. The molecule has 0 amide bonds. The number of pyridine rings is 1. The highest BCUT2D eigenvalue weighted by molar-refractivity contribution is 9.10. The number of hydrogen-bond acceptors (Lipinski definition) is 5. The van der Waals surface area contributed by atoms with E-state index >= 15 is 0 Å². The average molecular weight is 351 g/mol. The zero-order valence-corrected chi connectivity index (χ0v) is 13.3. The first-order chi connectivity index (χ1) is 10.0. The molecule has 1 aromatic heterocycles. The summed E-state index contributed by atoms with van der Waals surface area (Å²) in [5, 5.41) is 17.2. The number of halogens is 1. The first kappa shape index (κ1) is 15.2. The molecular formula is C14H15BrN4O2. The lowest BCUT2D eigenvalue weighted by molar-refractivity contribution is -0.384. The molecule has 21 heavy (non-hydrogen) atoms. The molecule has 110 valence electrons. The molecule has 0 radical (unpaired) electrons. The van der Waals surface area contributed by atoms with Gasteiger partial charge in [0.25, 0.3) is 0 Å². The predicted molar refractivity (Wildman–Crippen MR) is 87.2 cm³/mol. The Kier molecular flexibility index (Phi) is 4.74. The Morgan fingerprint density at radius 2 is 2.10 bits per heavy atom. The van der Waals surface area contributed by atoms with Crippen molar-refractivity contribution in [2.45, 2.75) is 13.8 Å². The quantitative estimate of drug-likeness (QED) is 0.622. The highest BCUT2D eigenvalue weighted by Gasteiger charge is 2.17. The second kappa shape index (κ2) is 6.53. The molecule has 0 spiro atoms. The van der Waals surface area contributed by atoms with Crippen molar-refractivity contribution in [1.82, 2.24) is 4.98 Å². The van der Waals surface area contributed by atoms with Gasteiger partial charge in [0.1, 0.15) is 5.82 Å². The lowest BCUT2D eigenvalue weighted by Gasteiger charge is -2.10. The van der Waals surface area contributed by atoms with Crippen LogP contribution in [0, 0.1) is 17.0 Å². The number of benzene rings is 1. The van der Waals surface area contributed by atoms with E-state index in [1.54, 1.807) is 6.07 Å². The van der Waals surface area contributed by atoms with Crippen LogP contribution in [0.5, 0.6) is 0 Å². The molecule has 7 heteroatoms. The number of nitro groups is 1. The number of nitrogens with zero attached hydrogens (tertiary/aromatic N) is 2. The van der Waals surface area contributed by atoms with Gasteiger partial charge in [-0.2, -0.15) is 0 Å². The minimum absolute atomic E-state index is 0.0656. The van der Waals surface area contributed by atoms with Crippen molar-refractivity contribution in [3.05, 3.63) is 50.5 Å². The minimum Gasteiger partial charge on any atom is -0.370 e. The molecule has 0 aliphatic carbocycles. The third-order valence-electron chi connectivity index (χ3n) is 2.81. The van der Waals surface area contributed by atoms with Crippen LogP contribution < -0.4 is 10.6 Å². The molecule has 0 bridgehead atoms.